The van der Waals surface area contributed by atoms with Crippen molar-refractivity contribution in [2.75, 3.05) is 18.8 Å². The summed E-state index contributed by atoms with van der Waals surface area (Å²) in [6.45, 7) is 10.6. The van der Waals surface area contributed by atoms with E-state index in [4.69, 9.17) is 5.73 Å². The lowest BCUT2D eigenvalue weighted by Gasteiger charge is -2.43. The summed E-state index contributed by atoms with van der Waals surface area (Å²) in [6.07, 6.45) is 2.64. The predicted molar refractivity (Wildman–Crippen MR) is 78.3 cm³/mol. The second-order valence-corrected chi connectivity index (χ2v) is 6.38. The van der Waals surface area contributed by atoms with Crippen molar-refractivity contribution in [3.05, 3.63) is 29.8 Å². The van der Waals surface area contributed by atoms with Gasteiger partial charge in [0, 0.05) is 25.3 Å². The Labute approximate surface area is 111 Å². The average Bonchev–Trinajstić information content (AvgIpc) is 2.31. The van der Waals surface area contributed by atoms with Crippen LogP contribution in [0.15, 0.2) is 24.3 Å². The van der Waals surface area contributed by atoms with Gasteiger partial charge in [-0.15, -0.1) is 0 Å². The molecule has 0 amide bonds. The normalized spacial score (nSPS) is 29.4. The Morgan fingerprint density at radius 2 is 2.00 bits per heavy atom. The van der Waals surface area contributed by atoms with Crippen LogP contribution in [0.4, 0.5) is 5.69 Å². The molecule has 0 saturated carbocycles. The topological polar surface area (TPSA) is 29.3 Å². The van der Waals surface area contributed by atoms with Crippen LogP contribution in [0.25, 0.3) is 0 Å². The Bertz CT molecular complexity index is 385. The summed E-state index contributed by atoms with van der Waals surface area (Å²) in [4.78, 5) is 2.60. The van der Waals surface area contributed by atoms with E-state index in [9.17, 15) is 0 Å². The van der Waals surface area contributed by atoms with Gasteiger partial charge in [0.15, 0.2) is 0 Å². The van der Waals surface area contributed by atoms with Gasteiger partial charge in [0.2, 0.25) is 0 Å². The maximum atomic E-state index is 5.73. The lowest BCUT2D eigenvalue weighted by atomic mass is 9.75. The molecule has 2 unspecified atom stereocenters. The molecule has 0 aliphatic carbocycles. The maximum Gasteiger partial charge on any atom is 0.0314 e. The fourth-order valence-corrected chi connectivity index (χ4v) is 3.27. The van der Waals surface area contributed by atoms with Crippen molar-refractivity contribution in [3.8, 4) is 0 Å². The third-order valence-corrected chi connectivity index (χ3v) is 4.26. The van der Waals surface area contributed by atoms with Gasteiger partial charge in [-0.1, -0.05) is 32.9 Å². The average molecular weight is 246 g/mol. The smallest absolute Gasteiger partial charge is 0.0314 e. The highest BCUT2D eigenvalue weighted by Gasteiger charge is 2.32. The summed E-state index contributed by atoms with van der Waals surface area (Å²) in [5, 5.41) is 0. The summed E-state index contributed by atoms with van der Waals surface area (Å²) in [7, 11) is 0. The van der Waals surface area contributed by atoms with Gasteiger partial charge < -0.3 is 5.73 Å². The number of nitrogen functional groups attached to an aromatic ring is 1. The predicted octanol–water partition coefficient (Wildman–Crippen LogP) is 3.53. The molecule has 2 rings (SSSR count). The van der Waals surface area contributed by atoms with Crippen molar-refractivity contribution in [1.29, 1.82) is 0 Å². The van der Waals surface area contributed by atoms with E-state index in [0.717, 1.165) is 18.2 Å². The van der Waals surface area contributed by atoms with Crippen LogP contribution >= 0.6 is 0 Å². The van der Waals surface area contributed by atoms with Crippen LogP contribution in [0.3, 0.4) is 0 Å². The lowest BCUT2D eigenvalue weighted by molar-refractivity contribution is 0.0586. The first-order valence-electron chi connectivity index (χ1n) is 7.07. The van der Waals surface area contributed by atoms with E-state index in [1.165, 1.54) is 31.5 Å². The van der Waals surface area contributed by atoms with Gasteiger partial charge in [-0.25, -0.2) is 0 Å². The van der Waals surface area contributed by atoms with Gasteiger partial charge in [-0.2, -0.15) is 0 Å². The minimum absolute atomic E-state index is 0.492. The Balaban J connectivity index is 2.02. The third-order valence-electron chi connectivity index (χ3n) is 4.26. The summed E-state index contributed by atoms with van der Waals surface area (Å²) >= 11 is 0. The second-order valence-electron chi connectivity index (χ2n) is 6.38. The molecule has 1 fully saturated rings. The zero-order valence-corrected chi connectivity index (χ0v) is 11.9. The number of anilines is 1. The van der Waals surface area contributed by atoms with Gasteiger partial charge in [-0.05, 0) is 41.9 Å². The highest BCUT2D eigenvalue weighted by Crippen LogP contribution is 2.35. The maximum absolute atomic E-state index is 5.73. The number of nitrogens with zero attached hydrogens (tertiary/aromatic N) is 1. The van der Waals surface area contributed by atoms with E-state index < -0.39 is 0 Å². The molecule has 18 heavy (non-hydrogen) atoms. The molecule has 2 N–H and O–H groups in total. The molecule has 2 atom stereocenters. The molecule has 1 aliphatic heterocycles. The quantitative estimate of drug-likeness (QED) is 0.827. The molecule has 1 heterocycles. The molecule has 1 saturated heterocycles. The molecule has 2 nitrogen and oxygen atoms in total. The molecule has 1 aromatic carbocycles. The number of rotatable bonds is 3. The van der Waals surface area contributed by atoms with E-state index in [-0.39, 0.29) is 0 Å². The monoisotopic (exact) mass is 246 g/mol. The summed E-state index contributed by atoms with van der Waals surface area (Å²) in [5.74, 6) is 0.803. The van der Waals surface area contributed by atoms with Crippen LogP contribution in [0.5, 0.6) is 0 Å². The van der Waals surface area contributed by atoms with Crippen LogP contribution in [0, 0.1) is 11.3 Å². The van der Waals surface area contributed by atoms with Gasteiger partial charge in [0.1, 0.15) is 0 Å². The number of hydrogen-bond acceptors (Lipinski definition) is 2. The zero-order chi connectivity index (χ0) is 13.2. The fraction of sp³-hybridized carbons (Fsp3) is 0.625. The highest BCUT2D eigenvalue weighted by molar-refractivity contribution is 5.39. The van der Waals surface area contributed by atoms with E-state index >= 15 is 0 Å². The second kappa shape index (κ2) is 5.31. The Kier molecular flexibility index (Phi) is 3.96. The van der Waals surface area contributed by atoms with E-state index in [0.29, 0.717) is 5.41 Å². The van der Waals surface area contributed by atoms with Crippen molar-refractivity contribution < 1.29 is 0 Å². The molecule has 100 valence electrons. The molecular weight excluding hydrogens is 220 g/mol. The molecule has 1 aliphatic rings. The third kappa shape index (κ3) is 3.26. The number of hydrogen-bond donors (Lipinski definition) is 1. The molecular formula is C16H26N2. The van der Waals surface area contributed by atoms with E-state index in [1.807, 2.05) is 12.1 Å². The summed E-state index contributed by atoms with van der Waals surface area (Å²) in [6, 6.07) is 8.30. The molecule has 2 heteroatoms. The van der Waals surface area contributed by atoms with Crippen LogP contribution in [0.1, 0.15) is 39.2 Å². The standard InChI is InChI=1S/C16H26N2/c1-4-16(3)9-13(2)10-18(12-16)11-14-5-7-15(17)8-6-14/h5-8,13H,4,9-12,17H2,1-3H3. The Hall–Kier alpha value is -1.02. The van der Waals surface area contributed by atoms with E-state index in [1.54, 1.807) is 0 Å². The largest absolute Gasteiger partial charge is 0.399 e. The van der Waals surface area contributed by atoms with Crippen LogP contribution < -0.4 is 5.73 Å². The first-order valence-corrected chi connectivity index (χ1v) is 7.07. The van der Waals surface area contributed by atoms with Crippen LogP contribution in [-0.4, -0.2) is 18.0 Å². The number of benzene rings is 1. The van der Waals surface area contributed by atoms with Crippen molar-refractivity contribution in [3.63, 3.8) is 0 Å². The van der Waals surface area contributed by atoms with Gasteiger partial charge >= 0.3 is 0 Å². The highest BCUT2D eigenvalue weighted by atomic mass is 15.1. The summed E-state index contributed by atoms with van der Waals surface area (Å²) < 4.78 is 0. The van der Waals surface area contributed by atoms with Crippen molar-refractivity contribution in [2.45, 2.75) is 40.2 Å². The minimum Gasteiger partial charge on any atom is -0.399 e. The fourth-order valence-electron chi connectivity index (χ4n) is 3.27. The van der Waals surface area contributed by atoms with Crippen LogP contribution in [-0.2, 0) is 6.54 Å². The van der Waals surface area contributed by atoms with Gasteiger partial charge in [0.25, 0.3) is 0 Å². The first kappa shape index (κ1) is 13.4. The lowest BCUT2D eigenvalue weighted by Crippen LogP contribution is -2.44. The molecule has 0 radical (unpaired) electrons. The number of piperidine rings is 1. The minimum atomic E-state index is 0.492. The Morgan fingerprint density at radius 3 is 2.61 bits per heavy atom. The molecule has 0 aromatic heterocycles. The first-order chi connectivity index (χ1) is 8.50. The SMILES string of the molecule is CCC1(C)CC(C)CN(Cc2ccc(N)cc2)C1. The Morgan fingerprint density at radius 1 is 1.33 bits per heavy atom. The molecule has 1 aromatic rings. The summed E-state index contributed by atoms with van der Waals surface area (Å²) in [5.41, 5.74) is 8.45. The number of nitrogens with two attached hydrogens (primary N) is 1. The van der Waals surface area contributed by atoms with Crippen molar-refractivity contribution in [1.82, 2.24) is 4.90 Å². The molecule has 0 spiro atoms. The van der Waals surface area contributed by atoms with E-state index in [2.05, 4.69) is 37.8 Å². The number of likely N-dealkylation sites (tertiary alicyclic amines) is 1. The van der Waals surface area contributed by atoms with Gasteiger partial charge in [-0.3, -0.25) is 4.90 Å². The van der Waals surface area contributed by atoms with Gasteiger partial charge in [0.05, 0.1) is 0 Å². The zero-order valence-electron chi connectivity index (χ0n) is 11.9. The van der Waals surface area contributed by atoms with Crippen LogP contribution in [0.2, 0.25) is 0 Å². The van der Waals surface area contributed by atoms with Crippen molar-refractivity contribution >= 4 is 5.69 Å². The molecule has 0 bridgehead atoms. The van der Waals surface area contributed by atoms with Crippen molar-refractivity contribution in [2.24, 2.45) is 11.3 Å².